The van der Waals surface area contributed by atoms with Gasteiger partial charge < -0.3 is 0 Å². The summed E-state index contributed by atoms with van der Waals surface area (Å²) >= 11 is 5.80. The van der Waals surface area contributed by atoms with Gasteiger partial charge in [0.25, 0.3) is 5.56 Å². The van der Waals surface area contributed by atoms with Gasteiger partial charge >= 0.3 is 5.69 Å². The van der Waals surface area contributed by atoms with Crippen LogP contribution in [0.1, 0.15) is 23.5 Å². The van der Waals surface area contributed by atoms with Crippen LogP contribution in [0.2, 0.25) is 5.15 Å². The Labute approximate surface area is 126 Å². The maximum Gasteiger partial charge on any atom is 0.332 e. The molecule has 0 aliphatic rings. The summed E-state index contributed by atoms with van der Waals surface area (Å²) < 4.78 is 69.1. The first-order valence-corrected chi connectivity index (χ1v) is 5.12. The lowest BCUT2D eigenvalue weighted by Crippen LogP contribution is -2.38. The second-order valence-electron chi connectivity index (χ2n) is 3.23. The van der Waals surface area contributed by atoms with Crippen molar-refractivity contribution in [1.29, 1.82) is 5.26 Å². The van der Waals surface area contributed by atoms with Crippen LogP contribution in [0.4, 0.5) is 0 Å². The molecule has 0 N–H and O–H groups in total. The second kappa shape index (κ2) is 5.12. The van der Waals surface area contributed by atoms with Gasteiger partial charge in [-0.3, -0.25) is 13.9 Å². The second-order valence-corrected chi connectivity index (χ2v) is 3.62. The number of benzene rings is 1. The van der Waals surface area contributed by atoms with Crippen molar-refractivity contribution < 1.29 is 12.3 Å². The zero-order valence-corrected chi connectivity index (χ0v) is 9.87. The van der Waals surface area contributed by atoms with Crippen molar-refractivity contribution in [1.82, 2.24) is 9.13 Å². The fourth-order valence-electron chi connectivity index (χ4n) is 1.21. The van der Waals surface area contributed by atoms with Crippen LogP contribution >= 0.6 is 11.6 Å². The highest BCUT2D eigenvalue weighted by Crippen LogP contribution is 2.11. The molecule has 0 saturated carbocycles. The Morgan fingerprint density at radius 3 is 2.95 bits per heavy atom. The number of nitrogens with zero attached hydrogens (tertiary/aromatic N) is 3. The van der Waals surface area contributed by atoms with E-state index in [1.165, 1.54) is 6.07 Å². The Balaban J connectivity index is 3.06. The largest absolute Gasteiger partial charge is 0.332 e. The molecular weight excluding hydrogens is 266 g/mol. The third-order valence-electron chi connectivity index (χ3n) is 2.08. The van der Waals surface area contributed by atoms with Gasteiger partial charge in [0.2, 0.25) is 0 Å². The Hall–Kier alpha value is -2.32. The number of hydrogen-bond acceptors (Lipinski definition) is 3. The maximum absolute atomic E-state index is 12.6. The van der Waals surface area contributed by atoms with Crippen LogP contribution in [0.25, 0.3) is 0 Å². The standard InChI is InChI=1S/C13H10ClN3O2/c1-16-12(18)6-11(14)17(13(16)19)8-10-5-3-2-4-9(10)7-15/h2-6H,8H2,1H3/i1D3,2D,3D,4D,5D,8D2. The van der Waals surface area contributed by atoms with Gasteiger partial charge in [0.1, 0.15) is 5.15 Å². The molecule has 0 radical (unpaired) electrons. The summed E-state index contributed by atoms with van der Waals surface area (Å²) in [6.07, 6.45) is 0. The topological polar surface area (TPSA) is 67.8 Å². The highest BCUT2D eigenvalue weighted by atomic mass is 35.5. The van der Waals surface area contributed by atoms with Crippen molar-refractivity contribution in [3.8, 4) is 6.07 Å². The first-order chi connectivity index (χ1) is 12.7. The van der Waals surface area contributed by atoms with Crippen molar-refractivity contribution >= 4 is 11.6 Å². The molecule has 0 fully saturated rings. The summed E-state index contributed by atoms with van der Waals surface area (Å²) in [6.45, 7) is -6.47. The molecule has 2 rings (SSSR count). The van der Waals surface area contributed by atoms with Gasteiger partial charge in [-0.1, -0.05) is 29.7 Å². The molecule has 1 aromatic carbocycles. The molecule has 0 atom stereocenters. The minimum atomic E-state index is -3.27. The van der Waals surface area contributed by atoms with Crippen molar-refractivity contribution in [2.75, 3.05) is 0 Å². The van der Waals surface area contributed by atoms with Crippen LogP contribution < -0.4 is 11.2 Å². The molecule has 19 heavy (non-hydrogen) atoms. The van der Waals surface area contributed by atoms with Gasteiger partial charge in [-0.05, 0) is 11.6 Å². The number of aromatic nitrogens is 2. The van der Waals surface area contributed by atoms with Crippen molar-refractivity contribution in [3.05, 3.63) is 67.4 Å². The monoisotopic (exact) mass is 284 g/mol. The number of halogens is 1. The molecule has 6 heteroatoms. The zero-order valence-electron chi connectivity index (χ0n) is 18.1. The summed E-state index contributed by atoms with van der Waals surface area (Å²) in [5.41, 5.74) is -4.73. The number of nitriles is 1. The molecule has 2 aromatic rings. The molecule has 0 aliphatic carbocycles. The fourth-order valence-corrected chi connectivity index (χ4v) is 1.42. The van der Waals surface area contributed by atoms with Gasteiger partial charge in [-0.15, -0.1) is 0 Å². The predicted molar refractivity (Wildman–Crippen MR) is 71.2 cm³/mol. The van der Waals surface area contributed by atoms with Gasteiger partial charge in [-0.25, -0.2) is 4.79 Å². The molecule has 0 saturated heterocycles. The van der Waals surface area contributed by atoms with E-state index in [-0.39, 0.29) is 9.13 Å². The molecule has 1 aromatic heterocycles. The third kappa shape index (κ3) is 2.44. The first-order valence-electron chi connectivity index (χ1n) is 9.24. The van der Waals surface area contributed by atoms with Crippen LogP contribution in [0.3, 0.4) is 0 Å². The molecule has 0 unspecified atom stereocenters. The van der Waals surface area contributed by atoms with Gasteiger partial charge in [0.05, 0.1) is 26.4 Å². The molecule has 0 spiro atoms. The average molecular weight is 285 g/mol. The van der Waals surface area contributed by atoms with Crippen LogP contribution in [-0.2, 0) is 13.5 Å². The highest BCUT2D eigenvalue weighted by Gasteiger charge is 2.09. The van der Waals surface area contributed by atoms with Gasteiger partial charge in [0, 0.05) is 17.2 Å². The van der Waals surface area contributed by atoms with Crippen LogP contribution in [-0.4, -0.2) is 9.13 Å². The summed E-state index contributed by atoms with van der Waals surface area (Å²) in [5, 5.41) is 8.46. The van der Waals surface area contributed by atoms with E-state index >= 15 is 0 Å². The molecule has 5 nitrogen and oxygen atoms in total. The number of hydrogen-bond donors (Lipinski definition) is 0. The molecule has 0 aliphatic heterocycles. The van der Waals surface area contributed by atoms with Crippen molar-refractivity contribution in [2.24, 2.45) is 6.98 Å². The third-order valence-corrected chi connectivity index (χ3v) is 2.36. The zero-order chi connectivity index (χ0) is 21.8. The molecule has 0 amide bonds. The summed E-state index contributed by atoms with van der Waals surface area (Å²) in [6, 6.07) is -1.56. The smallest absolute Gasteiger partial charge is 0.279 e. The summed E-state index contributed by atoms with van der Waals surface area (Å²) in [5.74, 6) is 0. The Bertz CT molecular complexity index is 1140. The minimum absolute atomic E-state index is 0.0407. The molecular formula is C13H10ClN3O2. The predicted octanol–water partition coefficient (Wildman–Crippen LogP) is 1.12. The maximum atomic E-state index is 12.6. The molecule has 1 heterocycles. The van der Waals surface area contributed by atoms with E-state index in [0.717, 1.165) is 0 Å². The molecule has 0 bridgehead atoms. The Kier molecular flexibility index (Phi) is 1.55. The van der Waals surface area contributed by atoms with Crippen LogP contribution in [0.5, 0.6) is 0 Å². The lowest BCUT2D eigenvalue weighted by Gasteiger charge is -2.10. The Morgan fingerprint density at radius 1 is 1.53 bits per heavy atom. The highest BCUT2D eigenvalue weighted by molar-refractivity contribution is 6.29. The van der Waals surface area contributed by atoms with Gasteiger partial charge in [-0.2, -0.15) is 5.26 Å². The van der Waals surface area contributed by atoms with Crippen LogP contribution in [0.15, 0.2) is 39.8 Å². The lowest BCUT2D eigenvalue weighted by molar-refractivity contribution is 0.646. The van der Waals surface area contributed by atoms with Gasteiger partial charge in [0.15, 0.2) is 0 Å². The first kappa shape index (κ1) is 5.76. The van der Waals surface area contributed by atoms with E-state index in [2.05, 4.69) is 0 Å². The van der Waals surface area contributed by atoms with E-state index in [1.54, 1.807) is 0 Å². The van der Waals surface area contributed by atoms with E-state index in [9.17, 15) is 14.9 Å². The van der Waals surface area contributed by atoms with Crippen molar-refractivity contribution in [3.63, 3.8) is 0 Å². The SMILES string of the molecule is [2H]c1c([2H])c([2H])c(C([2H])([2H])n2c(Cl)cc(=O)n(C([2H])([2H])[2H])c2=O)c(C#N)c1[2H]. The van der Waals surface area contributed by atoms with E-state index < -0.39 is 65.2 Å². The van der Waals surface area contributed by atoms with E-state index in [0.29, 0.717) is 6.07 Å². The normalized spacial score (nSPS) is 18.4. The fraction of sp³-hybridized carbons (Fsp3) is 0.154. The molecule has 96 valence electrons. The minimum Gasteiger partial charge on any atom is -0.279 e. The summed E-state index contributed by atoms with van der Waals surface area (Å²) in [4.78, 5) is 24.5. The number of rotatable bonds is 2. The van der Waals surface area contributed by atoms with E-state index in [4.69, 9.17) is 23.9 Å². The Morgan fingerprint density at radius 2 is 2.26 bits per heavy atom. The quantitative estimate of drug-likeness (QED) is 0.776. The average Bonchev–Trinajstić information content (AvgIpc) is 2.53. The van der Waals surface area contributed by atoms with Crippen LogP contribution in [0, 0.1) is 11.3 Å². The summed E-state index contributed by atoms with van der Waals surface area (Å²) in [7, 11) is 0. The van der Waals surface area contributed by atoms with E-state index in [1.807, 2.05) is 0 Å². The van der Waals surface area contributed by atoms with Crippen molar-refractivity contribution in [2.45, 2.75) is 6.50 Å². The lowest BCUT2D eigenvalue weighted by atomic mass is 10.1.